The predicted molar refractivity (Wildman–Crippen MR) is 134 cm³/mol. The summed E-state index contributed by atoms with van der Waals surface area (Å²) in [7, 11) is 0. The second-order valence-electron chi connectivity index (χ2n) is 8.57. The van der Waals surface area contributed by atoms with Gasteiger partial charge in [-0.3, -0.25) is 15.1 Å². The van der Waals surface area contributed by atoms with Crippen molar-refractivity contribution < 1.29 is 9.53 Å². The highest BCUT2D eigenvalue weighted by Gasteiger charge is 2.34. The minimum Gasteiger partial charge on any atom is -0.491 e. The molecule has 2 aromatic rings. The summed E-state index contributed by atoms with van der Waals surface area (Å²) in [5.74, 6) is 1.62. The highest BCUT2D eigenvalue weighted by molar-refractivity contribution is 8.13. The zero-order valence-electron chi connectivity index (χ0n) is 19.6. The fourth-order valence-corrected chi connectivity index (χ4v) is 4.83. The topological polar surface area (TPSA) is 66.3 Å². The molecular formula is C26H32N4O2S. The van der Waals surface area contributed by atoms with Gasteiger partial charge in [-0.1, -0.05) is 74.7 Å². The van der Waals surface area contributed by atoms with Crippen molar-refractivity contribution in [3.05, 3.63) is 64.7 Å². The first-order chi connectivity index (χ1) is 16.1. The summed E-state index contributed by atoms with van der Waals surface area (Å²) < 4.78 is 5.79. The number of ether oxygens (including phenoxy) is 1. The van der Waals surface area contributed by atoms with Crippen LogP contribution in [0.2, 0.25) is 0 Å². The van der Waals surface area contributed by atoms with Crippen LogP contribution in [-0.2, 0) is 4.79 Å². The largest absolute Gasteiger partial charge is 0.491 e. The maximum atomic E-state index is 13.2. The van der Waals surface area contributed by atoms with Crippen LogP contribution in [0.3, 0.4) is 0 Å². The highest BCUT2D eigenvalue weighted by atomic mass is 32.2. The monoisotopic (exact) mass is 464 g/mol. The Balaban J connectivity index is 1.62. The van der Waals surface area contributed by atoms with Crippen molar-refractivity contribution in [3.63, 3.8) is 0 Å². The molecule has 0 spiro atoms. The molecule has 2 aromatic carbocycles. The van der Waals surface area contributed by atoms with Gasteiger partial charge in [0.2, 0.25) is 0 Å². The van der Waals surface area contributed by atoms with Crippen LogP contribution >= 0.6 is 11.8 Å². The normalized spacial score (nSPS) is 17.2. The van der Waals surface area contributed by atoms with Gasteiger partial charge in [0.05, 0.1) is 11.5 Å². The molecule has 0 aliphatic carbocycles. The van der Waals surface area contributed by atoms with E-state index in [-0.39, 0.29) is 12.0 Å². The summed E-state index contributed by atoms with van der Waals surface area (Å²) in [5, 5.41) is 11.8. The van der Waals surface area contributed by atoms with Crippen molar-refractivity contribution in [2.24, 2.45) is 10.1 Å². The van der Waals surface area contributed by atoms with Gasteiger partial charge >= 0.3 is 0 Å². The third kappa shape index (κ3) is 5.58. The van der Waals surface area contributed by atoms with E-state index in [4.69, 9.17) is 14.8 Å². The number of hydrogen-bond donors (Lipinski definition) is 1. The highest BCUT2D eigenvalue weighted by Crippen LogP contribution is 2.31. The molecule has 2 aliphatic heterocycles. The first-order valence-electron chi connectivity index (χ1n) is 11.8. The van der Waals surface area contributed by atoms with Gasteiger partial charge in [0, 0.05) is 11.0 Å². The average Bonchev–Trinajstić information content (AvgIpc) is 2.81. The number of nitrogens with zero attached hydrogens (tertiary/aromatic N) is 3. The smallest absolute Gasteiger partial charge is 0.276 e. The summed E-state index contributed by atoms with van der Waals surface area (Å²) in [6.45, 7) is 6.23. The summed E-state index contributed by atoms with van der Waals surface area (Å²) in [6, 6.07) is 15.6. The number of benzene rings is 2. The maximum absolute atomic E-state index is 13.2. The first kappa shape index (κ1) is 23.4. The van der Waals surface area contributed by atoms with Crippen molar-refractivity contribution >= 4 is 28.5 Å². The molecule has 2 aliphatic rings. The molecular weight excluding hydrogens is 432 g/mol. The summed E-state index contributed by atoms with van der Waals surface area (Å²) >= 11 is 1.60. The lowest BCUT2D eigenvalue weighted by Crippen LogP contribution is -2.50. The molecule has 0 unspecified atom stereocenters. The molecule has 0 fully saturated rings. The third-order valence-electron chi connectivity index (χ3n) is 5.55. The molecule has 0 radical (unpaired) electrons. The van der Waals surface area contributed by atoms with Gasteiger partial charge in [-0.2, -0.15) is 0 Å². The van der Waals surface area contributed by atoms with Crippen LogP contribution in [-0.4, -0.2) is 27.9 Å². The summed E-state index contributed by atoms with van der Waals surface area (Å²) in [5.41, 5.74) is 1.50. The fourth-order valence-electron chi connectivity index (χ4n) is 3.97. The van der Waals surface area contributed by atoms with E-state index in [1.54, 1.807) is 16.8 Å². The molecule has 7 heteroatoms. The van der Waals surface area contributed by atoms with Gasteiger partial charge in [0.25, 0.3) is 5.91 Å². The quantitative estimate of drug-likeness (QED) is 0.561. The number of carbonyl (C=O) groups is 1. The van der Waals surface area contributed by atoms with Crippen LogP contribution in [0, 0.1) is 0 Å². The Hall–Kier alpha value is -2.80. The van der Waals surface area contributed by atoms with Gasteiger partial charge < -0.3 is 4.74 Å². The number of nitrogens with one attached hydrogen (secondary N) is 1. The Kier molecular flexibility index (Phi) is 7.70. The van der Waals surface area contributed by atoms with Gasteiger partial charge in [-0.15, -0.1) is 5.10 Å². The van der Waals surface area contributed by atoms with E-state index >= 15 is 0 Å². The van der Waals surface area contributed by atoms with Gasteiger partial charge in [-0.05, 0) is 44.0 Å². The molecule has 33 heavy (non-hydrogen) atoms. The van der Waals surface area contributed by atoms with Crippen LogP contribution in [0.1, 0.15) is 64.6 Å². The second kappa shape index (κ2) is 10.9. The van der Waals surface area contributed by atoms with E-state index in [1.165, 1.54) is 25.7 Å². The SMILES string of the molecule is CCCCCCCSC1=NN2C(=c3ccccc3=N[C@@H]2c2ccc(OC(C)C)cc2)C(=O)N1. The predicted octanol–water partition coefficient (Wildman–Crippen LogP) is 4.32. The molecule has 6 nitrogen and oxygen atoms in total. The van der Waals surface area contributed by atoms with Gasteiger partial charge in [-0.25, -0.2) is 5.01 Å². The number of para-hydroxylation sites is 1. The van der Waals surface area contributed by atoms with Crippen molar-refractivity contribution in [1.29, 1.82) is 0 Å². The zero-order chi connectivity index (χ0) is 23.2. The van der Waals surface area contributed by atoms with Crippen LogP contribution < -0.4 is 20.6 Å². The minimum atomic E-state index is -0.408. The molecule has 174 valence electrons. The van der Waals surface area contributed by atoms with Crippen molar-refractivity contribution in [2.75, 3.05) is 5.75 Å². The van der Waals surface area contributed by atoms with Crippen LogP contribution in [0.25, 0.3) is 5.70 Å². The van der Waals surface area contributed by atoms with Crippen molar-refractivity contribution in [3.8, 4) is 5.75 Å². The fraction of sp³-hybridized carbons (Fsp3) is 0.423. The Morgan fingerprint density at radius 3 is 2.58 bits per heavy atom. The Bertz CT molecular complexity index is 1130. The number of hydrazone groups is 1. The maximum Gasteiger partial charge on any atom is 0.276 e. The molecule has 2 heterocycles. The lowest BCUT2D eigenvalue weighted by molar-refractivity contribution is -0.116. The second-order valence-corrected chi connectivity index (χ2v) is 9.65. The molecule has 1 amide bonds. The molecule has 4 rings (SSSR count). The number of fused-ring (bicyclic) bond motifs is 2. The van der Waals surface area contributed by atoms with Gasteiger partial charge in [0.1, 0.15) is 11.4 Å². The van der Waals surface area contributed by atoms with Crippen molar-refractivity contribution in [1.82, 2.24) is 10.3 Å². The molecule has 0 saturated heterocycles. The number of rotatable bonds is 9. The minimum absolute atomic E-state index is 0.110. The standard InChI is InChI=1S/C26H32N4O2S/c1-4-5-6-7-10-17-33-26-28-25(31)23-21-11-8-9-12-22(21)27-24(30(23)29-26)19-13-15-20(16-14-19)32-18(2)3/h8-9,11-16,18,24H,4-7,10,17H2,1-3H3,(H,28,29,31)/t24-/m0/s1. The van der Waals surface area contributed by atoms with Crippen LogP contribution in [0.15, 0.2) is 58.6 Å². The number of thioether (sulfide) groups is 1. The van der Waals surface area contributed by atoms with Crippen molar-refractivity contribution in [2.45, 2.75) is 65.1 Å². The summed E-state index contributed by atoms with van der Waals surface area (Å²) in [4.78, 5) is 18.1. The van der Waals surface area contributed by atoms with Crippen LogP contribution in [0.5, 0.6) is 5.75 Å². The van der Waals surface area contributed by atoms with E-state index in [9.17, 15) is 4.79 Å². The van der Waals surface area contributed by atoms with E-state index in [1.807, 2.05) is 62.4 Å². The van der Waals surface area contributed by atoms with Gasteiger partial charge in [0.15, 0.2) is 11.3 Å². The molecule has 0 bridgehead atoms. The van der Waals surface area contributed by atoms with E-state index in [0.717, 1.165) is 34.1 Å². The first-order valence-corrected chi connectivity index (χ1v) is 12.8. The number of amidine groups is 1. The Labute approximate surface area is 199 Å². The lowest BCUT2D eigenvalue weighted by atomic mass is 10.1. The number of carbonyl (C=O) groups excluding carboxylic acids is 1. The zero-order valence-corrected chi connectivity index (χ0v) is 20.4. The third-order valence-corrected chi connectivity index (χ3v) is 6.50. The molecule has 0 saturated carbocycles. The van der Waals surface area contributed by atoms with Crippen LogP contribution in [0.4, 0.5) is 0 Å². The molecule has 0 aromatic heterocycles. The summed E-state index contributed by atoms with van der Waals surface area (Å²) in [6.07, 6.45) is 5.80. The number of hydrogen-bond acceptors (Lipinski definition) is 6. The van der Waals surface area contributed by atoms with E-state index in [0.29, 0.717) is 10.9 Å². The molecule has 1 N–H and O–H groups in total. The van der Waals surface area contributed by atoms with E-state index in [2.05, 4.69) is 12.2 Å². The Morgan fingerprint density at radius 1 is 1.06 bits per heavy atom. The number of amides is 1. The number of unbranched alkanes of at least 4 members (excludes halogenated alkanes) is 4. The van der Waals surface area contributed by atoms with E-state index < -0.39 is 6.17 Å². The average molecular weight is 465 g/mol. The lowest BCUT2D eigenvalue weighted by Gasteiger charge is -2.34. The Morgan fingerprint density at radius 2 is 1.82 bits per heavy atom. The molecule has 1 atom stereocenters.